The summed E-state index contributed by atoms with van der Waals surface area (Å²) < 4.78 is 11.3. The molecule has 0 saturated carbocycles. The summed E-state index contributed by atoms with van der Waals surface area (Å²) in [6.07, 6.45) is 2.56. The summed E-state index contributed by atoms with van der Waals surface area (Å²) in [6, 6.07) is 0. The first-order valence-electron chi connectivity index (χ1n) is 13.4. The molecular weight excluding hydrogens is 462 g/mol. The first kappa shape index (κ1) is 28.6. The van der Waals surface area contributed by atoms with Crippen molar-refractivity contribution in [1.82, 2.24) is 24.6 Å². The maximum Gasteiger partial charge on any atom is 0.275 e. The normalized spacial score (nSPS) is 20.9. The minimum Gasteiger partial charge on any atom is -0.447 e. The Balaban J connectivity index is 1.45. The monoisotopic (exact) mass is 507 g/mol. The first-order valence-corrected chi connectivity index (χ1v) is 13.4. The van der Waals surface area contributed by atoms with Gasteiger partial charge in [0.05, 0.1) is 30.8 Å². The number of hydrogen-bond donors (Lipinski definition) is 1. The smallest absolute Gasteiger partial charge is 0.275 e. The van der Waals surface area contributed by atoms with Gasteiger partial charge >= 0.3 is 0 Å². The average Bonchev–Trinajstić information content (AvgIpc) is 3.32. The molecule has 10 heteroatoms. The molecule has 0 bridgehead atoms. The third-order valence-corrected chi connectivity index (χ3v) is 6.91. The van der Waals surface area contributed by atoms with Crippen molar-refractivity contribution in [3.05, 3.63) is 17.8 Å². The molecule has 1 aromatic rings. The minimum atomic E-state index is -0.507. The van der Waals surface area contributed by atoms with Gasteiger partial charge in [0.1, 0.15) is 6.26 Å². The fraction of sp³-hybridized carbons (Fsp3) is 0.808. The van der Waals surface area contributed by atoms with Crippen LogP contribution in [0.25, 0.3) is 0 Å². The SMILES string of the molecule is CCN(CC)C(=O)C1CCCN(C(=O)c2coc(CN3CCN(CC(O)COC(C)(C)C)CC3)n2)C1. The van der Waals surface area contributed by atoms with E-state index in [9.17, 15) is 14.7 Å². The molecule has 2 aliphatic heterocycles. The Morgan fingerprint density at radius 1 is 1.17 bits per heavy atom. The number of β-amino-alcohol motifs (C(OH)–C–C–N with tert-alkyl or cyclic N) is 1. The lowest BCUT2D eigenvalue weighted by Gasteiger charge is -2.35. The number of carbonyl (C=O) groups excluding carboxylic acids is 2. The molecule has 3 heterocycles. The van der Waals surface area contributed by atoms with Crippen LogP contribution in [0.2, 0.25) is 0 Å². The van der Waals surface area contributed by atoms with Crippen LogP contribution in [0.4, 0.5) is 0 Å². The number of piperazine rings is 1. The van der Waals surface area contributed by atoms with Gasteiger partial charge in [-0.1, -0.05) is 0 Å². The molecule has 3 rings (SSSR count). The lowest BCUT2D eigenvalue weighted by Crippen LogP contribution is -2.49. The number of hydrogen-bond acceptors (Lipinski definition) is 8. The van der Waals surface area contributed by atoms with Gasteiger partial charge in [0.15, 0.2) is 5.69 Å². The van der Waals surface area contributed by atoms with Crippen molar-refractivity contribution in [2.45, 2.75) is 65.7 Å². The number of amides is 2. The number of nitrogens with zero attached hydrogens (tertiary/aromatic N) is 5. The van der Waals surface area contributed by atoms with Crippen molar-refractivity contribution >= 4 is 11.8 Å². The Morgan fingerprint density at radius 2 is 1.83 bits per heavy atom. The van der Waals surface area contributed by atoms with Crippen molar-refractivity contribution in [3.63, 3.8) is 0 Å². The summed E-state index contributed by atoms with van der Waals surface area (Å²) in [6.45, 7) is 17.2. The molecule has 1 N–H and O–H groups in total. The molecule has 204 valence electrons. The molecule has 2 aliphatic rings. The number of aliphatic hydroxyl groups is 1. The predicted molar refractivity (Wildman–Crippen MR) is 136 cm³/mol. The molecule has 2 unspecified atom stereocenters. The first-order chi connectivity index (χ1) is 17.1. The van der Waals surface area contributed by atoms with Gasteiger partial charge in [0.2, 0.25) is 11.8 Å². The second-order valence-electron chi connectivity index (χ2n) is 10.9. The third kappa shape index (κ3) is 8.26. The zero-order valence-electron chi connectivity index (χ0n) is 22.7. The largest absolute Gasteiger partial charge is 0.447 e. The summed E-state index contributed by atoms with van der Waals surface area (Å²) in [5.41, 5.74) is 0.0514. The van der Waals surface area contributed by atoms with Gasteiger partial charge in [-0.3, -0.25) is 19.4 Å². The quantitative estimate of drug-likeness (QED) is 0.511. The second kappa shape index (κ2) is 13.0. The van der Waals surface area contributed by atoms with Crippen LogP contribution in [0.5, 0.6) is 0 Å². The molecule has 10 nitrogen and oxygen atoms in total. The van der Waals surface area contributed by atoms with E-state index in [4.69, 9.17) is 9.15 Å². The maximum absolute atomic E-state index is 13.1. The van der Waals surface area contributed by atoms with Crippen LogP contribution < -0.4 is 0 Å². The van der Waals surface area contributed by atoms with Crippen molar-refractivity contribution in [3.8, 4) is 0 Å². The van der Waals surface area contributed by atoms with E-state index in [0.29, 0.717) is 57.5 Å². The number of oxazole rings is 1. The molecule has 2 fully saturated rings. The fourth-order valence-electron chi connectivity index (χ4n) is 4.82. The van der Waals surface area contributed by atoms with Crippen LogP contribution in [0, 0.1) is 5.92 Å². The molecule has 1 aromatic heterocycles. The molecule has 2 atom stereocenters. The molecule has 36 heavy (non-hydrogen) atoms. The summed E-state index contributed by atoms with van der Waals surface area (Å²) in [7, 11) is 0. The number of aromatic nitrogens is 1. The number of piperidine rings is 1. The van der Waals surface area contributed by atoms with E-state index in [1.807, 2.05) is 39.5 Å². The van der Waals surface area contributed by atoms with Crippen LogP contribution in [-0.4, -0.2) is 119 Å². The Kier molecular flexibility index (Phi) is 10.3. The lowest BCUT2D eigenvalue weighted by atomic mass is 9.96. The number of carbonyl (C=O) groups is 2. The Labute approximate surface area is 215 Å². The zero-order valence-corrected chi connectivity index (χ0v) is 22.7. The van der Waals surface area contributed by atoms with Crippen LogP contribution in [0.15, 0.2) is 10.7 Å². The van der Waals surface area contributed by atoms with Gasteiger partial charge < -0.3 is 24.1 Å². The van der Waals surface area contributed by atoms with E-state index in [2.05, 4.69) is 14.8 Å². The molecule has 2 amide bonds. The van der Waals surface area contributed by atoms with Crippen LogP contribution in [-0.2, 0) is 16.1 Å². The topological polar surface area (TPSA) is 103 Å². The van der Waals surface area contributed by atoms with Crippen molar-refractivity contribution < 1.29 is 23.8 Å². The van der Waals surface area contributed by atoms with Gasteiger partial charge in [0, 0.05) is 58.9 Å². The summed E-state index contributed by atoms with van der Waals surface area (Å²) in [5, 5.41) is 10.3. The van der Waals surface area contributed by atoms with E-state index in [0.717, 1.165) is 39.0 Å². The molecule has 0 radical (unpaired) electrons. The summed E-state index contributed by atoms with van der Waals surface area (Å²) in [4.78, 5) is 38.4. The zero-order chi connectivity index (χ0) is 26.3. The minimum absolute atomic E-state index is 0.131. The van der Waals surface area contributed by atoms with Gasteiger partial charge in [0.25, 0.3) is 5.91 Å². The van der Waals surface area contributed by atoms with Crippen LogP contribution >= 0.6 is 0 Å². The fourth-order valence-corrected chi connectivity index (χ4v) is 4.82. The average molecular weight is 508 g/mol. The second-order valence-corrected chi connectivity index (χ2v) is 10.9. The van der Waals surface area contributed by atoms with Gasteiger partial charge in [-0.2, -0.15) is 0 Å². The predicted octanol–water partition coefficient (Wildman–Crippen LogP) is 1.69. The highest BCUT2D eigenvalue weighted by molar-refractivity contribution is 5.92. The highest BCUT2D eigenvalue weighted by Crippen LogP contribution is 2.21. The van der Waals surface area contributed by atoms with E-state index in [1.165, 1.54) is 6.26 Å². The van der Waals surface area contributed by atoms with E-state index in [1.54, 1.807) is 4.90 Å². The number of ether oxygens (including phenoxy) is 1. The Bertz CT molecular complexity index is 842. The van der Waals surface area contributed by atoms with Gasteiger partial charge in [-0.15, -0.1) is 0 Å². The van der Waals surface area contributed by atoms with Gasteiger partial charge in [-0.05, 0) is 47.5 Å². The van der Waals surface area contributed by atoms with Crippen molar-refractivity contribution in [1.29, 1.82) is 0 Å². The standard InChI is InChI=1S/C26H45N5O5/c1-6-30(7-2)24(33)20-9-8-10-31(15-20)25(34)22-19-35-23(27-22)17-29-13-11-28(12-14-29)16-21(32)18-36-26(3,4)5/h19-21,32H,6-18H2,1-5H3. The lowest BCUT2D eigenvalue weighted by molar-refractivity contribution is -0.136. The Hall–Kier alpha value is -2.01. The Morgan fingerprint density at radius 3 is 2.47 bits per heavy atom. The van der Waals surface area contributed by atoms with Crippen molar-refractivity contribution in [2.24, 2.45) is 5.92 Å². The number of aliphatic hydroxyl groups excluding tert-OH is 1. The third-order valence-electron chi connectivity index (χ3n) is 6.91. The van der Waals surface area contributed by atoms with E-state index in [-0.39, 0.29) is 23.3 Å². The van der Waals surface area contributed by atoms with E-state index < -0.39 is 6.10 Å². The highest BCUT2D eigenvalue weighted by Gasteiger charge is 2.32. The number of rotatable bonds is 10. The molecule has 0 spiro atoms. The molecule has 0 aromatic carbocycles. The van der Waals surface area contributed by atoms with Crippen LogP contribution in [0.1, 0.15) is 63.8 Å². The summed E-state index contributed by atoms with van der Waals surface area (Å²) >= 11 is 0. The maximum atomic E-state index is 13.1. The number of likely N-dealkylation sites (tertiary alicyclic amines) is 1. The molecule has 2 saturated heterocycles. The van der Waals surface area contributed by atoms with Gasteiger partial charge in [-0.25, -0.2) is 4.98 Å². The summed E-state index contributed by atoms with van der Waals surface area (Å²) in [5.74, 6) is 0.340. The van der Waals surface area contributed by atoms with Crippen LogP contribution in [0.3, 0.4) is 0 Å². The molecule has 0 aliphatic carbocycles. The van der Waals surface area contributed by atoms with Crippen molar-refractivity contribution in [2.75, 3.05) is 65.5 Å². The van der Waals surface area contributed by atoms with E-state index >= 15 is 0 Å². The highest BCUT2D eigenvalue weighted by atomic mass is 16.5. The molecular formula is C26H45N5O5.